The summed E-state index contributed by atoms with van der Waals surface area (Å²) in [4.78, 5) is 0. The highest BCUT2D eigenvalue weighted by molar-refractivity contribution is 5.23. The average molecular weight is 271 g/mol. The van der Waals surface area contributed by atoms with Crippen LogP contribution in [0.15, 0.2) is 24.3 Å². The van der Waals surface area contributed by atoms with Crippen molar-refractivity contribution in [1.82, 2.24) is 5.32 Å². The maximum atomic E-state index is 12.7. The molecule has 1 fully saturated rings. The number of hydrogen-bond donors (Lipinski definition) is 1. The lowest BCUT2D eigenvalue weighted by molar-refractivity contribution is -0.166. The molecule has 0 atom stereocenters. The first-order valence-corrected chi connectivity index (χ1v) is 6.72. The van der Waals surface area contributed by atoms with Gasteiger partial charge in [-0.15, -0.1) is 0 Å². The molecule has 1 nitrogen and oxygen atoms in total. The van der Waals surface area contributed by atoms with E-state index in [4.69, 9.17) is 0 Å². The predicted octanol–water partition coefficient (Wildman–Crippen LogP) is 4.07. The van der Waals surface area contributed by atoms with Crippen LogP contribution >= 0.6 is 0 Å². The number of hydrogen-bond acceptors (Lipinski definition) is 1. The molecule has 4 heteroatoms. The van der Waals surface area contributed by atoms with E-state index in [1.165, 1.54) is 5.56 Å². The Morgan fingerprint density at radius 3 is 2.05 bits per heavy atom. The fourth-order valence-electron chi connectivity index (χ4n) is 2.22. The zero-order valence-electron chi connectivity index (χ0n) is 11.3. The summed E-state index contributed by atoms with van der Waals surface area (Å²) < 4.78 is 38.2. The SMILES string of the molecule is CC(C)Cc1ccc(CNC2(C(F)(F)F)CC2)cc1. The van der Waals surface area contributed by atoms with E-state index in [-0.39, 0.29) is 19.4 Å². The van der Waals surface area contributed by atoms with Gasteiger partial charge in [0.2, 0.25) is 0 Å². The van der Waals surface area contributed by atoms with Gasteiger partial charge in [0.1, 0.15) is 5.54 Å². The van der Waals surface area contributed by atoms with Crippen LogP contribution in [-0.2, 0) is 13.0 Å². The van der Waals surface area contributed by atoms with Crippen LogP contribution in [0.2, 0.25) is 0 Å². The van der Waals surface area contributed by atoms with Crippen molar-refractivity contribution < 1.29 is 13.2 Å². The summed E-state index contributed by atoms with van der Waals surface area (Å²) >= 11 is 0. The van der Waals surface area contributed by atoms with Crippen LogP contribution < -0.4 is 5.32 Å². The number of nitrogens with one attached hydrogen (secondary N) is 1. The zero-order valence-corrected chi connectivity index (χ0v) is 11.3. The van der Waals surface area contributed by atoms with Gasteiger partial charge in [-0.3, -0.25) is 5.32 Å². The third-order valence-corrected chi connectivity index (χ3v) is 3.59. The molecule has 2 rings (SSSR count). The molecule has 0 bridgehead atoms. The zero-order chi connectivity index (χ0) is 14.1. The summed E-state index contributed by atoms with van der Waals surface area (Å²) in [6.07, 6.45) is -2.74. The van der Waals surface area contributed by atoms with E-state index in [9.17, 15) is 13.2 Å². The van der Waals surface area contributed by atoms with Crippen molar-refractivity contribution in [2.75, 3.05) is 0 Å². The van der Waals surface area contributed by atoms with E-state index in [1.807, 2.05) is 24.3 Å². The van der Waals surface area contributed by atoms with Gasteiger partial charge < -0.3 is 0 Å². The summed E-state index contributed by atoms with van der Waals surface area (Å²) in [5.74, 6) is 0.587. The Labute approximate surface area is 112 Å². The Morgan fingerprint density at radius 1 is 1.11 bits per heavy atom. The van der Waals surface area contributed by atoms with E-state index in [0.717, 1.165) is 12.0 Å². The van der Waals surface area contributed by atoms with Gasteiger partial charge in [-0.05, 0) is 36.3 Å². The highest BCUT2D eigenvalue weighted by Gasteiger charge is 2.62. The highest BCUT2D eigenvalue weighted by atomic mass is 19.4. The van der Waals surface area contributed by atoms with Gasteiger partial charge in [0, 0.05) is 6.54 Å². The average Bonchev–Trinajstić information content (AvgIpc) is 3.08. The number of rotatable bonds is 5. The molecule has 0 aliphatic heterocycles. The van der Waals surface area contributed by atoms with E-state index in [2.05, 4.69) is 19.2 Å². The summed E-state index contributed by atoms with van der Waals surface area (Å²) in [7, 11) is 0. The molecule has 106 valence electrons. The first-order valence-electron chi connectivity index (χ1n) is 6.72. The van der Waals surface area contributed by atoms with Crippen LogP contribution in [-0.4, -0.2) is 11.7 Å². The minimum atomic E-state index is -4.13. The molecule has 0 aromatic heterocycles. The van der Waals surface area contributed by atoms with Crippen LogP contribution in [0.4, 0.5) is 13.2 Å². The number of benzene rings is 1. The summed E-state index contributed by atoms with van der Waals surface area (Å²) in [6.45, 7) is 4.58. The second-order valence-electron chi connectivity index (χ2n) is 5.85. The molecule has 1 saturated carbocycles. The van der Waals surface area contributed by atoms with Crippen LogP contribution in [0.3, 0.4) is 0 Å². The van der Waals surface area contributed by atoms with Gasteiger partial charge in [0.05, 0.1) is 0 Å². The molecular formula is C15H20F3N. The topological polar surface area (TPSA) is 12.0 Å². The Kier molecular flexibility index (Phi) is 3.90. The first kappa shape index (κ1) is 14.4. The lowest BCUT2D eigenvalue weighted by Crippen LogP contribution is -2.44. The second kappa shape index (κ2) is 5.16. The van der Waals surface area contributed by atoms with Crippen molar-refractivity contribution in [3.8, 4) is 0 Å². The van der Waals surface area contributed by atoms with Crippen LogP contribution in [0, 0.1) is 5.92 Å². The van der Waals surface area contributed by atoms with Crippen LogP contribution in [0.25, 0.3) is 0 Å². The lowest BCUT2D eigenvalue weighted by atomic mass is 10.0. The number of alkyl halides is 3. The third kappa shape index (κ3) is 3.50. The van der Waals surface area contributed by atoms with Gasteiger partial charge in [-0.25, -0.2) is 0 Å². The fourth-order valence-corrected chi connectivity index (χ4v) is 2.22. The maximum absolute atomic E-state index is 12.7. The van der Waals surface area contributed by atoms with Gasteiger partial charge in [-0.1, -0.05) is 38.1 Å². The van der Waals surface area contributed by atoms with Crippen LogP contribution in [0.1, 0.15) is 37.8 Å². The van der Waals surface area contributed by atoms with Crippen LogP contribution in [0.5, 0.6) is 0 Å². The molecule has 0 heterocycles. The minimum absolute atomic E-state index is 0.196. The maximum Gasteiger partial charge on any atom is 0.406 e. The van der Waals surface area contributed by atoms with Crippen molar-refractivity contribution in [2.24, 2.45) is 5.92 Å². The molecule has 1 aliphatic rings. The molecule has 1 N–H and O–H groups in total. The van der Waals surface area contributed by atoms with Crippen molar-refractivity contribution in [2.45, 2.75) is 51.4 Å². The molecule has 0 unspecified atom stereocenters. The number of halogens is 3. The Bertz CT molecular complexity index is 416. The smallest absolute Gasteiger partial charge is 0.299 e. The van der Waals surface area contributed by atoms with Crippen molar-refractivity contribution in [1.29, 1.82) is 0 Å². The van der Waals surface area contributed by atoms with E-state index in [1.54, 1.807) is 0 Å². The van der Waals surface area contributed by atoms with Crippen molar-refractivity contribution in [3.05, 3.63) is 35.4 Å². The normalized spacial score (nSPS) is 17.8. The first-order chi connectivity index (χ1) is 8.82. The van der Waals surface area contributed by atoms with Gasteiger partial charge in [-0.2, -0.15) is 13.2 Å². The lowest BCUT2D eigenvalue weighted by Gasteiger charge is -2.20. The summed E-state index contributed by atoms with van der Waals surface area (Å²) in [5, 5.41) is 2.66. The van der Waals surface area contributed by atoms with E-state index >= 15 is 0 Å². The Balaban J connectivity index is 1.90. The molecule has 0 saturated heterocycles. The molecule has 1 aromatic carbocycles. The largest absolute Gasteiger partial charge is 0.406 e. The Morgan fingerprint density at radius 2 is 1.63 bits per heavy atom. The van der Waals surface area contributed by atoms with Crippen molar-refractivity contribution in [3.63, 3.8) is 0 Å². The fraction of sp³-hybridized carbons (Fsp3) is 0.600. The monoisotopic (exact) mass is 271 g/mol. The van der Waals surface area contributed by atoms with E-state index < -0.39 is 11.7 Å². The van der Waals surface area contributed by atoms with Crippen molar-refractivity contribution >= 4 is 0 Å². The predicted molar refractivity (Wildman–Crippen MR) is 69.8 cm³/mol. The molecule has 1 aliphatic carbocycles. The second-order valence-corrected chi connectivity index (χ2v) is 5.85. The molecule has 0 radical (unpaired) electrons. The van der Waals surface area contributed by atoms with Gasteiger partial charge in [0.25, 0.3) is 0 Å². The third-order valence-electron chi connectivity index (χ3n) is 3.59. The molecular weight excluding hydrogens is 251 g/mol. The standard InChI is InChI=1S/C15H20F3N/c1-11(2)9-12-3-5-13(6-4-12)10-19-14(7-8-14)15(16,17)18/h3-6,11,19H,7-10H2,1-2H3. The summed E-state index contributed by atoms with van der Waals surface area (Å²) in [5.41, 5.74) is 0.516. The quantitative estimate of drug-likeness (QED) is 0.851. The van der Waals surface area contributed by atoms with E-state index in [0.29, 0.717) is 5.92 Å². The highest BCUT2D eigenvalue weighted by Crippen LogP contribution is 2.49. The van der Waals surface area contributed by atoms with Gasteiger partial charge >= 0.3 is 6.18 Å². The Hall–Kier alpha value is -1.03. The summed E-state index contributed by atoms with van der Waals surface area (Å²) in [6, 6.07) is 7.84. The van der Waals surface area contributed by atoms with Gasteiger partial charge in [0.15, 0.2) is 0 Å². The molecule has 0 amide bonds. The minimum Gasteiger partial charge on any atom is -0.299 e. The molecule has 1 aromatic rings. The molecule has 0 spiro atoms. The molecule has 19 heavy (non-hydrogen) atoms.